The number of benzene rings is 2. The summed E-state index contributed by atoms with van der Waals surface area (Å²) in [5.41, 5.74) is 5.28. The highest BCUT2D eigenvalue weighted by Gasteiger charge is 2.54. The number of aliphatic hydroxyl groups excluding tert-OH is 1. The van der Waals surface area contributed by atoms with E-state index in [-0.39, 0.29) is 5.75 Å². The molecule has 1 fully saturated rings. The summed E-state index contributed by atoms with van der Waals surface area (Å²) in [5.74, 6) is -0.872. The molecule has 2 amide bonds. The van der Waals surface area contributed by atoms with Crippen molar-refractivity contribution in [2.45, 2.75) is 34.8 Å². The van der Waals surface area contributed by atoms with Crippen molar-refractivity contribution in [1.29, 1.82) is 0 Å². The van der Waals surface area contributed by atoms with Crippen LogP contribution in [0.25, 0.3) is 0 Å². The van der Waals surface area contributed by atoms with Gasteiger partial charge in [-0.15, -0.1) is 23.5 Å². The van der Waals surface area contributed by atoms with Crippen molar-refractivity contribution in [2.24, 2.45) is 5.73 Å². The quantitative estimate of drug-likeness (QED) is 0.438. The summed E-state index contributed by atoms with van der Waals surface area (Å²) in [6, 6.07) is 18.0. The van der Waals surface area contributed by atoms with Crippen molar-refractivity contribution < 1.29 is 23.1 Å². The predicted octanol–water partition coefficient (Wildman–Crippen LogP) is 2.25. The van der Waals surface area contributed by atoms with Gasteiger partial charge in [0.25, 0.3) is 0 Å². The zero-order valence-corrected chi connectivity index (χ0v) is 21.3. The van der Waals surface area contributed by atoms with Crippen molar-refractivity contribution in [2.75, 3.05) is 17.3 Å². The molecule has 1 saturated heterocycles. The highest BCUT2D eigenvalue weighted by atomic mass is 32.2. The zero-order valence-electron chi connectivity index (χ0n) is 18.8. The predicted molar refractivity (Wildman–Crippen MR) is 138 cm³/mol. The number of thioether (sulfide) groups is 2. The van der Waals surface area contributed by atoms with Crippen LogP contribution in [0, 0.1) is 6.42 Å². The van der Waals surface area contributed by atoms with E-state index in [0.717, 1.165) is 29.9 Å². The minimum Gasteiger partial charge on any atom is -0.387 e. The van der Waals surface area contributed by atoms with Gasteiger partial charge in [-0.3, -0.25) is 9.59 Å². The lowest BCUT2D eigenvalue weighted by atomic mass is 9.87. The number of primary amides is 1. The number of nitrogens with one attached hydrogen (secondary N) is 1. The molecule has 0 saturated carbocycles. The topological polar surface area (TPSA) is 127 Å². The maximum Gasteiger partial charge on any atom is 0.245 e. The molecular weight excluding hydrogens is 492 g/mol. The first-order valence-electron chi connectivity index (χ1n) is 10.8. The fourth-order valence-corrected chi connectivity index (χ4v) is 8.56. The SMILES string of the molecule is CC(NC(=O)[CH]CS(=O)(=O)Cc1ccccc1)(C(N)=O)C(O)C1(c2ccccc2)SCCCS1. The monoisotopic (exact) mass is 521 g/mol. The summed E-state index contributed by atoms with van der Waals surface area (Å²) in [6.07, 6.45) is 0.555. The lowest BCUT2D eigenvalue weighted by molar-refractivity contribution is -0.134. The van der Waals surface area contributed by atoms with E-state index in [1.165, 1.54) is 30.4 Å². The second kappa shape index (κ2) is 11.2. The number of hydrogen-bond acceptors (Lipinski definition) is 7. The highest BCUT2D eigenvalue weighted by Crippen LogP contribution is 2.54. The Morgan fingerprint density at radius 3 is 2.24 bits per heavy atom. The van der Waals surface area contributed by atoms with E-state index >= 15 is 0 Å². The smallest absolute Gasteiger partial charge is 0.245 e. The maximum atomic E-state index is 12.7. The van der Waals surface area contributed by atoms with E-state index in [4.69, 9.17) is 5.73 Å². The Morgan fingerprint density at radius 2 is 1.68 bits per heavy atom. The molecule has 0 aliphatic carbocycles. The third-order valence-electron chi connectivity index (χ3n) is 5.65. The summed E-state index contributed by atoms with van der Waals surface area (Å²) in [6.45, 7) is 1.38. The zero-order chi connectivity index (χ0) is 24.8. The molecule has 0 aromatic heterocycles. The molecule has 1 heterocycles. The molecule has 0 bridgehead atoms. The largest absolute Gasteiger partial charge is 0.387 e. The number of rotatable bonds is 10. The van der Waals surface area contributed by atoms with Gasteiger partial charge in [0.05, 0.1) is 17.9 Å². The molecule has 2 atom stereocenters. The molecule has 0 spiro atoms. The van der Waals surface area contributed by atoms with Crippen LogP contribution in [-0.4, -0.2) is 54.2 Å². The number of amides is 2. The fourth-order valence-electron chi connectivity index (χ4n) is 3.74. The average molecular weight is 522 g/mol. The van der Waals surface area contributed by atoms with E-state index in [2.05, 4.69) is 5.32 Å². The fraction of sp³-hybridized carbons (Fsp3) is 0.375. The average Bonchev–Trinajstić information content (AvgIpc) is 2.83. The molecule has 183 valence electrons. The van der Waals surface area contributed by atoms with Crippen molar-refractivity contribution >= 4 is 45.2 Å². The Morgan fingerprint density at radius 1 is 1.12 bits per heavy atom. The molecule has 34 heavy (non-hydrogen) atoms. The third-order valence-corrected chi connectivity index (χ3v) is 10.6. The van der Waals surface area contributed by atoms with Gasteiger partial charge < -0.3 is 16.2 Å². The van der Waals surface area contributed by atoms with Gasteiger partial charge in [-0.05, 0) is 36.0 Å². The maximum absolute atomic E-state index is 12.7. The molecule has 1 aliphatic heterocycles. The van der Waals surface area contributed by atoms with E-state index < -0.39 is 43.1 Å². The second-order valence-corrected chi connectivity index (χ2v) is 13.3. The van der Waals surface area contributed by atoms with Gasteiger partial charge in [0.15, 0.2) is 9.84 Å². The Balaban J connectivity index is 1.77. The van der Waals surface area contributed by atoms with Gasteiger partial charge in [-0.1, -0.05) is 60.7 Å². The van der Waals surface area contributed by atoms with Crippen molar-refractivity contribution in [3.63, 3.8) is 0 Å². The van der Waals surface area contributed by atoms with Gasteiger partial charge in [0.1, 0.15) is 15.7 Å². The van der Waals surface area contributed by atoms with Crippen LogP contribution >= 0.6 is 23.5 Å². The van der Waals surface area contributed by atoms with Crippen LogP contribution in [0.4, 0.5) is 0 Å². The summed E-state index contributed by atoms with van der Waals surface area (Å²) in [4.78, 5) is 25.3. The number of aliphatic hydroxyl groups is 1. The summed E-state index contributed by atoms with van der Waals surface area (Å²) in [5, 5.41) is 14.1. The lowest BCUT2D eigenvalue weighted by Gasteiger charge is -2.46. The standard InChI is InChI=1S/C24H29N2O5S3/c1-23(22(25)29,21(28)24(32-14-8-15-33-24)19-11-6-3-7-12-19)26-20(27)13-16-34(30,31)17-18-9-4-2-5-10-18/h2-7,9-13,21,28H,8,14-17H2,1H3,(H2,25,29)(H,26,27). The van der Waals surface area contributed by atoms with Crippen LogP contribution in [0.15, 0.2) is 60.7 Å². The number of carbonyl (C=O) groups excluding carboxylic acids is 2. The van der Waals surface area contributed by atoms with Crippen LogP contribution in [0.2, 0.25) is 0 Å². The Labute approximate surface area is 209 Å². The number of sulfone groups is 1. The van der Waals surface area contributed by atoms with Crippen LogP contribution < -0.4 is 11.1 Å². The van der Waals surface area contributed by atoms with Crippen LogP contribution in [0.5, 0.6) is 0 Å². The molecular formula is C24H29N2O5S3. The van der Waals surface area contributed by atoms with Gasteiger partial charge >= 0.3 is 0 Å². The number of carbonyl (C=O) groups is 2. The van der Waals surface area contributed by atoms with Crippen molar-refractivity contribution in [1.82, 2.24) is 5.32 Å². The minimum atomic E-state index is -3.60. The first-order chi connectivity index (χ1) is 16.1. The van der Waals surface area contributed by atoms with Crippen LogP contribution in [-0.2, 0) is 29.3 Å². The number of hydrogen-bond donors (Lipinski definition) is 3. The van der Waals surface area contributed by atoms with Gasteiger partial charge in [0, 0.05) is 0 Å². The summed E-state index contributed by atoms with van der Waals surface area (Å²) >= 11 is 3.02. The Hall–Kier alpha value is -2.01. The first kappa shape index (κ1) is 26.6. The molecule has 1 aliphatic rings. The molecule has 4 N–H and O–H groups in total. The van der Waals surface area contributed by atoms with E-state index in [1.807, 2.05) is 30.3 Å². The molecule has 10 heteroatoms. The van der Waals surface area contributed by atoms with E-state index in [1.54, 1.807) is 30.3 Å². The van der Waals surface area contributed by atoms with E-state index in [0.29, 0.717) is 5.56 Å². The van der Waals surface area contributed by atoms with Gasteiger partial charge in [-0.2, -0.15) is 0 Å². The second-order valence-electron chi connectivity index (χ2n) is 8.29. The molecule has 7 nitrogen and oxygen atoms in total. The Bertz CT molecular complexity index is 1090. The molecule has 1 radical (unpaired) electrons. The molecule has 2 aromatic carbocycles. The highest BCUT2D eigenvalue weighted by molar-refractivity contribution is 8.18. The summed E-state index contributed by atoms with van der Waals surface area (Å²) in [7, 11) is -3.60. The van der Waals surface area contributed by atoms with Gasteiger partial charge in [0.2, 0.25) is 11.8 Å². The molecule has 3 rings (SSSR count). The first-order valence-corrected chi connectivity index (χ1v) is 14.6. The number of nitrogens with two attached hydrogens (primary N) is 1. The lowest BCUT2D eigenvalue weighted by Crippen LogP contribution is -2.67. The minimum absolute atomic E-state index is 0.211. The van der Waals surface area contributed by atoms with Crippen molar-refractivity contribution in [3.05, 3.63) is 78.2 Å². The van der Waals surface area contributed by atoms with Crippen molar-refractivity contribution in [3.8, 4) is 0 Å². The van der Waals surface area contributed by atoms with Crippen LogP contribution in [0.1, 0.15) is 24.5 Å². The van der Waals surface area contributed by atoms with E-state index in [9.17, 15) is 23.1 Å². The summed E-state index contributed by atoms with van der Waals surface area (Å²) < 4.78 is 24.0. The Kier molecular flexibility index (Phi) is 8.72. The molecule has 2 unspecified atom stereocenters. The normalized spacial score (nSPS) is 18.4. The molecule has 2 aromatic rings. The van der Waals surface area contributed by atoms with Crippen LogP contribution in [0.3, 0.4) is 0 Å². The third kappa shape index (κ3) is 6.16. The van der Waals surface area contributed by atoms with Gasteiger partial charge in [-0.25, -0.2) is 8.42 Å².